The Morgan fingerprint density at radius 2 is 2.19 bits per heavy atom. The molecule has 3 N–H and O–H groups in total. The lowest BCUT2D eigenvalue weighted by molar-refractivity contribution is -0.127. The van der Waals surface area contributed by atoms with Gasteiger partial charge in [-0.25, -0.2) is 0 Å². The van der Waals surface area contributed by atoms with Crippen molar-refractivity contribution in [2.24, 2.45) is 17.6 Å². The molecule has 0 bridgehead atoms. The number of carbonyl (C=O) groups is 1. The van der Waals surface area contributed by atoms with Gasteiger partial charge in [-0.05, 0) is 31.6 Å². The lowest BCUT2D eigenvalue weighted by Crippen LogP contribution is -2.41. The molecule has 3 unspecified atom stereocenters. The van der Waals surface area contributed by atoms with Crippen molar-refractivity contribution >= 4 is 17.7 Å². The van der Waals surface area contributed by atoms with Crippen LogP contribution in [0.1, 0.15) is 32.6 Å². The number of hydrogen-bond donors (Lipinski definition) is 2. The summed E-state index contributed by atoms with van der Waals surface area (Å²) in [6.45, 7) is 3.55. The number of hydrogen-bond acceptors (Lipinski definition) is 3. The number of nitrogens with two attached hydrogens (primary N) is 1. The molecule has 1 saturated carbocycles. The summed E-state index contributed by atoms with van der Waals surface area (Å²) in [5, 5.41) is 3.54. The van der Waals surface area contributed by atoms with Gasteiger partial charge in [0.25, 0.3) is 0 Å². The van der Waals surface area contributed by atoms with Crippen LogP contribution < -0.4 is 11.1 Å². The molecule has 94 valence electrons. The third kappa shape index (κ3) is 3.98. The van der Waals surface area contributed by atoms with Crippen LogP contribution in [-0.4, -0.2) is 30.5 Å². The summed E-state index contributed by atoms with van der Waals surface area (Å²) in [5.41, 5.74) is 5.73. The molecule has 3 nitrogen and oxygen atoms in total. The van der Waals surface area contributed by atoms with Crippen LogP contribution in [0.3, 0.4) is 0 Å². The molecule has 0 aromatic carbocycles. The van der Waals surface area contributed by atoms with E-state index in [1.807, 2.05) is 0 Å². The normalized spacial score (nSPS) is 27.4. The Kier molecular flexibility index (Phi) is 6.21. The summed E-state index contributed by atoms with van der Waals surface area (Å²) in [7, 11) is 0. The molecule has 0 aliphatic heterocycles. The molecular weight excluding hydrogens is 220 g/mol. The third-order valence-electron chi connectivity index (χ3n) is 3.51. The van der Waals surface area contributed by atoms with Crippen LogP contribution >= 0.6 is 11.8 Å². The van der Waals surface area contributed by atoms with E-state index in [1.165, 1.54) is 12.8 Å². The molecule has 0 heterocycles. The van der Waals surface area contributed by atoms with E-state index < -0.39 is 0 Å². The Morgan fingerprint density at radius 3 is 2.81 bits per heavy atom. The average molecular weight is 244 g/mol. The number of thioether (sulfide) groups is 1. The molecule has 1 aliphatic rings. The lowest BCUT2D eigenvalue weighted by Gasteiger charge is -2.29. The van der Waals surface area contributed by atoms with Crippen LogP contribution in [0, 0.1) is 11.8 Å². The molecule has 16 heavy (non-hydrogen) atoms. The zero-order valence-electron chi connectivity index (χ0n) is 10.4. The van der Waals surface area contributed by atoms with Crippen molar-refractivity contribution in [2.75, 3.05) is 19.3 Å². The van der Waals surface area contributed by atoms with Crippen molar-refractivity contribution in [1.82, 2.24) is 5.32 Å². The smallest absolute Gasteiger partial charge is 0.223 e. The largest absolute Gasteiger partial charge is 0.355 e. The predicted molar refractivity (Wildman–Crippen MR) is 70.5 cm³/mol. The van der Waals surface area contributed by atoms with E-state index >= 15 is 0 Å². The van der Waals surface area contributed by atoms with Gasteiger partial charge in [-0.15, -0.1) is 0 Å². The predicted octanol–water partition coefficient (Wildman–Crippen LogP) is 1.62. The van der Waals surface area contributed by atoms with Crippen LogP contribution in [0.5, 0.6) is 0 Å². The molecule has 0 saturated heterocycles. The van der Waals surface area contributed by atoms with E-state index in [4.69, 9.17) is 5.73 Å². The summed E-state index contributed by atoms with van der Waals surface area (Å²) >= 11 is 1.78. The van der Waals surface area contributed by atoms with Crippen molar-refractivity contribution in [2.45, 2.75) is 37.9 Å². The van der Waals surface area contributed by atoms with Crippen LogP contribution in [0.25, 0.3) is 0 Å². The molecular formula is C12H24N2OS. The zero-order chi connectivity index (χ0) is 12.0. The van der Waals surface area contributed by atoms with E-state index in [0.717, 1.165) is 19.4 Å². The van der Waals surface area contributed by atoms with Crippen molar-refractivity contribution in [3.05, 3.63) is 0 Å². The minimum absolute atomic E-state index is 0.160. The second kappa shape index (κ2) is 7.17. The summed E-state index contributed by atoms with van der Waals surface area (Å²) < 4.78 is 0. The molecule has 1 amide bonds. The van der Waals surface area contributed by atoms with Gasteiger partial charge < -0.3 is 11.1 Å². The second-order valence-electron chi connectivity index (χ2n) is 4.68. The van der Waals surface area contributed by atoms with Crippen molar-refractivity contribution < 1.29 is 4.79 Å². The van der Waals surface area contributed by atoms with Crippen molar-refractivity contribution in [3.8, 4) is 0 Å². The highest BCUT2D eigenvalue weighted by Gasteiger charge is 2.29. The molecule has 3 atom stereocenters. The maximum Gasteiger partial charge on any atom is 0.223 e. The Labute approximate surface area is 103 Å². The molecule has 4 heteroatoms. The first kappa shape index (κ1) is 13.8. The highest BCUT2D eigenvalue weighted by Crippen LogP contribution is 2.29. The quantitative estimate of drug-likeness (QED) is 0.772. The first-order valence-electron chi connectivity index (χ1n) is 6.19. The van der Waals surface area contributed by atoms with Gasteiger partial charge in [0.1, 0.15) is 0 Å². The van der Waals surface area contributed by atoms with Crippen LogP contribution in [0.15, 0.2) is 0 Å². The van der Waals surface area contributed by atoms with E-state index in [9.17, 15) is 4.79 Å². The van der Waals surface area contributed by atoms with Crippen LogP contribution in [0.2, 0.25) is 0 Å². The van der Waals surface area contributed by atoms with Crippen molar-refractivity contribution in [3.63, 3.8) is 0 Å². The number of nitrogens with one attached hydrogen (secondary N) is 1. The van der Waals surface area contributed by atoms with E-state index in [0.29, 0.717) is 17.7 Å². The number of rotatable bonds is 5. The SMILES string of the molecule is CSC(C)CNC(=O)C1CCCCC1CN. The van der Waals surface area contributed by atoms with Gasteiger partial charge in [0.15, 0.2) is 0 Å². The van der Waals surface area contributed by atoms with E-state index in [2.05, 4.69) is 18.5 Å². The summed E-state index contributed by atoms with van der Waals surface area (Å²) in [6, 6.07) is 0. The summed E-state index contributed by atoms with van der Waals surface area (Å²) in [6.07, 6.45) is 6.60. The maximum absolute atomic E-state index is 12.0. The first-order chi connectivity index (χ1) is 7.69. The fraction of sp³-hybridized carbons (Fsp3) is 0.917. The van der Waals surface area contributed by atoms with Gasteiger partial charge in [-0.1, -0.05) is 19.8 Å². The Balaban J connectivity index is 2.38. The average Bonchev–Trinajstić information content (AvgIpc) is 2.35. The summed E-state index contributed by atoms with van der Waals surface area (Å²) in [4.78, 5) is 12.0. The first-order valence-corrected chi connectivity index (χ1v) is 7.48. The molecule has 1 aliphatic carbocycles. The Bertz CT molecular complexity index is 223. The summed E-state index contributed by atoms with van der Waals surface area (Å²) in [5.74, 6) is 0.780. The second-order valence-corrected chi connectivity index (χ2v) is 5.95. The van der Waals surface area contributed by atoms with E-state index in [1.54, 1.807) is 11.8 Å². The van der Waals surface area contributed by atoms with E-state index in [-0.39, 0.29) is 11.8 Å². The zero-order valence-corrected chi connectivity index (χ0v) is 11.2. The molecule has 1 rings (SSSR count). The lowest BCUT2D eigenvalue weighted by atomic mass is 9.79. The van der Waals surface area contributed by atoms with Gasteiger partial charge in [-0.3, -0.25) is 4.79 Å². The molecule has 1 fully saturated rings. The molecule has 0 aromatic rings. The molecule has 0 aromatic heterocycles. The minimum Gasteiger partial charge on any atom is -0.355 e. The standard InChI is InChI=1S/C12H24N2OS/c1-9(16-2)8-14-12(15)11-6-4-3-5-10(11)7-13/h9-11H,3-8,13H2,1-2H3,(H,14,15). The fourth-order valence-electron chi connectivity index (χ4n) is 2.29. The number of carbonyl (C=O) groups excluding carboxylic acids is 1. The van der Waals surface area contributed by atoms with Gasteiger partial charge in [0, 0.05) is 17.7 Å². The Morgan fingerprint density at radius 1 is 1.50 bits per heavy atom. The Hall–Kier alpha value is -0.220. The minimum atomic E-state index is 0.160. The topological polar surface area (TPSA) is 55.1 Å². The maximum atomic E-state index is 12.0. The monoisotopic (exact) mass is 244 g/mol. The van der Waals surface area contributed by atoms with Crippen LogP contribution in [-0.2, 0) is 4.79 Å². The van der Waals surface area contributed by atoms with Gasteiger partial charge >= 0.3 is 0 Å². The fourth-order valence-corrected chi connectivity index (χ4v) is 2.54. The van der Waals surface area contributed by atoms with Gasteiger partial charge in [0.05, 0.1) is 0 Å². The third-order valence-corrected chi connectivity index (χ3v) is 4.49. The highest BCUT2D eigenvalue weighted by atomic mass is 32.2. The van der Waals surface area contributed by atoms with Crippen LogP contribution in [0.4, 0.5) is 0 Å². The molecule has 0 radical (unpaired) electrons. The van der Waals surface area contributed by atoms with Crippen molar-refractivity contribution in [1.29, 1.82) is 0 Å². The molecule has 0 spiro atoms. The highest BCUT2D eigenvalue weighted by molar-refractivity contribution is 7.99. The van der Waals surface area contributed by atoms with Gasteiger partial charge in [-0.2, -0.15) is 11.8 Å². The van der Waals surface area contributed by atoms with Gasteiger partial charge in [0.2, 0.25) is 5.91 Å². The number of amides is 1.